The van der Waals surface area contributed by atoms with Crippen molar-refractivity contribution >= 4 is 0 Å². The van der Waals surface area contributed by atoms with Crippen LogP contribution in [0, 0.1) is 32.0 Å². The van der Waals surface area contributed by atoms with Crippen LogP contribution in [0.5, 0.6) is 5.75 Å². The summed E-state index contributed by atoms with van der Waals surface area (Å²) in [6, 6.07) is 0. The van der Waals surface area contributed by atoms with Gasteiger partial charge in [0.2, 0.25) is 0 Å². The van der Waals surface area contributed by atoms with Crippen LogP contribution in [0.15, 0.2) is 0 Å². The lowest BCUT2D eigenvalue weighted by Gasteiger charge is -2.51. The fourth-order valence-corrected chi connectivity index (χ4v) is 3.10. The van der Waals surface area contributed by atoms with Crippen molar-refractivity contribution in [3.05, 3.63) is 28.1 Å². The summed E-state index contributed by atoms with van der Waals surface area (Å²) >= 11 is 0. The topological polar surface area (TPSA) is 9.23 Å². The molecule has 1 atom stereocenters. The summed E-state index contributed by atoms with van der Waals surface area (Å²) in [6.45, 7) is 16.7. The summed E-state index contributed by atoms with van der Waals surface area (Å²) in [4.78, 5) is 0. The van der Waals surface area contributed by atoms with Crippen LogP contribution in [0.2, 0.25) is 0 Å². The molecule has 1 heterocycles. The molecule has 1 aromatic rings. The number of benzene rings is 1. The number of rotatable bonds is 0. The van der Waals surface area contributed by atoms with Crippen LogP contribution in [0.3, 0.4) is 0 Å². The predicted molar refractivity (Wildman–Crippen MR) is 77.5 cm³/mol. The molecule has 1 aliphatic rings. The lowest BCUT2D eigenvalue weighted by Crippen LogP contribution is -2.51. The van der Waals surface area contributed by atoms with Crippen molar-refractivity contribution in [1.29, 1.82) is 0 Å². The van der Waals surface area contributed by atoms with Crippen molar-refractivity contribution in [2.75, 3.05) is 0 Å². The van der Waals surface area contributed by atoms with E-state index >= 15 is 0 Å². The molecule has 1 aliphatic heterocycles. The number of halogens is 1. The molecule has 0 aromatic heterocycles. The van der Waals surface area contributed by atoms with Gasteiger partial charge in [-0.15, -0.1) is 0 Å². The third-order valence-corrected chi connectivity index (χ3v) is 5.80. The monoisotopic (exact) mass is 264 g/mol. The Morgan fingerprint density at radius 3 is 2.00 bits per heavy atom. The minimum absolute atomic E-state index is 0.00833. The molecule has 0 fully saturated rings. The highest BCUT2D eigenvalue weighted by atomic mass is 19.1. The molecule has 0 bridgehead atoms. The zero-order valence-electron chi connectivity index (χ0n) is 13.4. The standard InChI is InChI=1S/C17H25FO/c1-9-10(2)13-15(14(18)11(9)3)19-12(4)16(5,6)17(13,7)8/h12H,1-8H3. The van der Waals surface area contributed by atoms with E-state index in [1.807, 2.05) is 20.8 Å². The Kier molecular flexibility index (Phi) is 3.00. The molecular weight excluding hydrogens is 239 g/mol. The summed E-state index contributed by atoms with van der Waals surface area (Å²) in [7, 11) is 0. The predicted octanol–water partition coefficient (Wildman–Crippen LogP) is 4.84. The van der Waals surface area contributed by atoms with E-state index in [4.69, 9.17) is 4.74 Å². The Morgan fingerprint density at radius 2 is 1.47 bits per heavy atom. The first-order valence-electron chi connectivity index (χ1n) is 6.99. The molecule has 2 rings (SSSR count). The van der Waals surface area contributed by atoms with Gasteiger partial charge < -0.3 is 4.74 Å². The quantitative estimate of drug-likeness (QED) is 0.651. The van der Waals surface area contributed by atoms with E-state index in [-0.39, 0.29) is 22.8 Å². The van der Waals surface area contributed by atoms with Gasteiger partial charge in [0.05, 0.1) is 0 Å². The van der Waals surface area contributed by atoms with Gasteiger partial charge in [-0.25, -0.2) is 4.39 Å². The molecule has 0 aliphatic carbocycles. The third kappa shape index (κ3) is 1.65. The number of fused-ring (bicyclic) bond motifs is 1. The molecule has 1 unspecified atom stereocenters. The van der Waals surface area contributed by atoms with E-state index in [1.54, 1.807) is 0 Å². The Morgan fingerprint density at radius 1 is 0.947 bits per heavy atom. The van der Waals surface area contributed by atoms with Crippen LogP contribution >= 0.6 is 0 Å². The summed E-state index contributed by atoms with van der Waals surface area (Å²) in [6.07, 6.45) is -0.00833. The van der Waals surface area contributed by atoms with Gasteiger partial charge in [0.25, 0.3) is 0 Å². The van der Waals surface area contributed by atoms with Crippen LogP contribution in [0.25, 0.3) is 0 Å². The SMILES string of the molecule is Cc1c(C)c(F)c2c(c1C)C(C)(C)C(C)(C)C(C)O2. The first-order valence-corrected chi connectivity index (χ1v) is 6.99. The maximum Gasteiger partial charge on any atom is 0.168 e. The first-order chi connectivity index (χ1) is 8.53. The van der Waals surface area contributed by atoms with E-state index in [1.165, 1.54) is 5.56 Å². The minimum atomic E-state index is -0.187. The van der Waals surface area contributed by atoms with Crippen molar-refractivity contribution in [3.8, 4) is 5.75 Å². The molecule has 0 N–H and O–H groups in total. The Balaban J connectivity index is 2.87. The highest BCUT2D eigenvalue weighted by Crippen LogP contribution is 2.54. The van der Waals surface area contributed by atoms with E-state index in [0.717, 1.165) is 11.1 Å². The largest absolute Gasteiger partial charge is 0.487 e. The van der Waals surface area contributed by atoms with Gasteiger partial charge in [0, 0.05) is 16.4 Å². The van der Waals surface area contributed by atoms with Crippen LogP contribution in [-0.2, 0) is 5.41 Å². The average molecular weight is 264 g/mol. The highest BCUT2D eigenvalue weighted by Gasteiger charge is 2.50. The summed E-state index contributed by atoms with van der Waals surface area (Å²) in [5, 5.41) is 0. The van der Waals surface area contributed by atoms with Gasteiger partial charge in [-0.2, -0.15) is 0 Å². The Hall–Kier alpha value is -1.05. The maximum atomic E-state index is 14.6. The van der Waals surface area contributed by atoms with Crippen molar-refractivity contribution in [1.82, 2.24) is 0 Å². The summed E-state index contributed by atoms with van der Waals surface area (Å²) < 4.78 is 20.5. The van der Waals surface area contributed by atoms with Gasteiger partial charge in [-0.05, 0) is 44.4 Å². The van der Waals surface area contributed by atoms with Gasteiger partial charge in [0.15, 0.2) is 11.6 Å². The molecule has 19 heavy (non-hydrogen) atoms. The average Bonchev–Trinajstić information content (AvgIpc) is 2.31. The lowest BCUT2D eigenvalue weighted by atomic mass is 9.59. The molecule has 106 valence electrons. The second-order valence-corrected chi connectivity index (χ2v) is 7.00. The molecule has 0 saturated carbocycles. The molecule has 1 aromatic carbocycles. The van der Waals surface area contributed by atoms with E-state index in [2.05, 4.69) is 34.6 Å². The zero-order valence-corrected chi connectivity index (χ0v) is 13.4. The molecule has 2 heteroatoms. The van der Waals surface area contributed by atoms with Crippen molar-refractivity contribution < 1.29 is 9.13 Å². The minimum Gasteiger partial charge on any atom is -0.487 e. The summed E-state index contributed by atoms with van der Waals surface area (Å²) in [5.41, 5.74) is 3.79. The van der Waals surface area contributed by atoms with Crippen LogP contribution in [0.4, 0.5) is 4.39 Å². The lowest BCUT2D eigenvalue weighted by molar-refractivity contribution is 0.00178. The Labute approximate surface area is 116 Å². The molecule has 0 spiro atoms. The third-order valence-electron chi connectivity index (χ3n) is 5.80. The molecule has 0 radical (unpaired) electrons. The fraction of sp³-hybridized carbons (Fsp3) is 0.647. The van der Waals surface area contributed by atoms with Gasteiger partial charge in [-0.3, -0.25) is 0 Å². The van der Waals surface area contributed by atoms with Crippen LogP contribution in [-0.4, -0.2) is 6.10 Å². The first kappa shape index (κ1) is 14.4. The van der Waals surface area contributed by atoms with Crippen LogP contribution in [0.1, 0.15) is 56.9 Å². The van der Waals surface area contributed by atoms with E-state index in [9.17, 15) is 4.39 Å². The van der Waals surface area contributed by atoms with Crippen molar-refractivity contribution in [2.24, 2.45) is 5.41 Å². The zero-order chi connectivity index (χ0) is 14.7. The normalized spacial score (nSPS) is 23.7. The molecule has 0 saturated heterocycles. The second kappa shape index (κ2) is 3.97. The maximum absolute atomic E-state index is 14.6. The molecule has 0 amide bonds. The molecular formula is C17H25FO. The van der Waals surface area contributed by atoms with Gasteiger partial charge >= 0.3 is 0 Å². The number of hydrogen-bond acceptors (Lipinski definition) is 1. The van der Waals surface area contributed by atoms with Crippen molar-refractivity contribution in [3.63, 3.8) is 0 Å². The van der Waals surface area contributed by atoms with Crippen LogP contribution < -0.4 is 4.74 Å². The number of ether oxygens (including phenoxy) is 1. The van der Waals surface area contributed by atoms with Gasteiger partial charge in [-0.1, -0.05) is 27.7 Å². The van der Waals surface area contributed by atoms with Gasteiger partial charge in [0.1, 0.15) is 6.10 Å². The Bertz CT molecular complexity index is 541. The van der Waals surface area contributed by atoms with E-state index in [0.29, 0.717) is 11.3 Å². The molecule has 1 nitrogen and oxygen atoms in total. The highest BCUT2D eigenvalue weighted by molar-refractivity contribution is 5.55. The van der Waals surface area contributed by atoms with E-state index < -0.39 is 0 Å². The second-order valence-electron chi connectivity index (χ2n) is 7.00. The summed E-state index contributed by atoms with van der Waals surface area (Å²) in [5.74, 6) is 0.283. The van der Waals surface area contributed by atoms with Crippen molar-refractivity contribution in [2.45, 2.75) is 66.9 Å². The number of hydrogen-bond donors (Lipinski definition) is 0. The smallest absolute Gasteiger partial charge is 0.168 e. The fourth-order valence-electron chi connectivity index (χ4n) is 3.10.